The lowest BCUT2D eigenvalue weighted by Crippen LogP contribution is -2.17. The SMILES string of the molecule is O=C(N/N=C\c1ccc(OCc2ccccc2)cc1OCc1ccccc1)c1ccc([N+](=O)[O-])cc1. The molecule has 0 aliphatic heterocycles. The molecular weight excluding hydrogens is 458 g/mol. The lowest BCUT2D eigenvalue weighted by atomic mass is 10.2. The Bertz CT molecular complexity index is 1340. The highest BCUT2D eigenvalue weighted by atomic mass is 16.6. The van der Waals surface area contributed by atoms with Crippen molar-refractivity contribution in [2.75, 3.05) is 0 Å². The Morgan fingerprint density at radius 3 is 2.06 bits per heavy atom. The molecule has 4 aromatic carbocycles. The van der Waals surface area contributed by atoms with E-state index in [2.05, 4.69) is 10.5 Å². The minimum Gasteiger partial charge on any atom is -0.489 e. The molecule has 0 atom stereocenters. The number of nitrogens with one attached hydrogen (secondary N) is 1. The second kappa shape index (κ2) is 11.9. The zero-order valence-corrected chi connectivity index (χ0v) is 19.2. The van der Waals surface area contributed by atoms with Crippen LogP contribution in [0.25, 0.3) is 0 Å². The molecule has 36 heavy (non-hydrogen) atoms. The van der Waals surface area contributed by atoms with Gasteiger partial charge in [-0.25, -0.2) is 5.43 Å². The second-order valence-corrected chi connectivity index (χ2v) is 7.75. The predicted molar refractivity (Wildman–Crippen MR) is 136 cm³/mol. The van der Waals surface area contributed by atoms with Gasteiger partial charge >= 0.3 is 0 Å². The van der Waals surface area contributed by atoms with Crippen molar-refractivity contribution >= 4 is 17.8 Å². The van der Waals surface area contributed by atoms with Gasteiger partial charge in [-0.1, -0.05) is 60.7 Å². The van der Waals surface area contributed by atoms with Gasteiger partial charge in [0.15, 0.2) is 0 Å². The van der Waals surface area contributed by atoms with Crippen LogP contribution in [0, 0.1) is 10.1 Å². The third kappa shape index (κ3) is 6.77. The minimum atomic E-state index is -0.524. The molecule has 0 aromatic heterocycles. The average molecular weight is 482 g/mol. The number of nitro benzene ring substituents is 1. The first-order valence-electron chi connectivity index (χ1n) is 11.1. The van der Waals surface area contributed by atoms with Crippen molar-refractivity contribution in [3.05, 3.63) is 135 Å². The summed E-state index contributed by atoms with van der Waals surface area (Å²) in [7, 11) is 0. The van der Waals surface area contributed by atoms with Gasteiger partial charge in [0, 0.05) is 29.3 Å². The fourth-order valence-corrected chi connectivity index (χ4v) is 3.27. The van der Waals surface area contributed by atoms with Crippen molar-refractivity contribution < 1.29 is 19.2 Å². The number of non-ortho nitro benzene ring substituents is 1. The van der Waals surface area contributed by atoms with Gasteiger partial charge in [0.25, 0.3) is 11.6 Å². The van der Waals surface area contributed by atoms with E-state index in [1.807, 2.05) is 60.7 Å². The van der Waals surface area contributed by atoms with E-state index in [1.165, 1.54) is 30.5 Å². The molecule has 0 unspecified atom stereocenters. The van der Waals surface area contributed by atoms with Gasteiger partial charge in [-0.2, -0.15) is 5.10 Å². The first-order valence-corrected chi connectivity index (χ1v) is 11.1. The summed E-state index contributed by atoms with van der Waals surface area (Å²) in [4.78, 5) is 22.6. The van der Waals surface area contributed by atoms with E-state index in [0.29, 0.717) is 30.3 Å². The standard InChI is InChI=1S/C28H23N3O5/c32-28(23-11-14-25(15-12-23)31(33)34)30-29-18-24-13-16-26(35-19-21-7-3-1-4-8-21)17-27(24)36-20-22-9-5-2-6-10-22/h1-18H,19-20H2,(H,30,32)/b29-18-. The highest BCUT2D eigenvalue weighted by Gasteiger charge is 2.10. The van der Waals surface area contributed by atoms with Crippen molar-refractivity contribution in [3.63, 3.8) is 0 Å². The number of amides is 1. The van der Waals surface area contributed by atoms with Gasteiger partial charge in [0.2, 0.25) is 0 Å². The smallest absolute Gasteiger partial charge is 0.271 e. The van der Waals surface area contributed by atoms with E-state index in [4.69, 9.17) is 9.47 Å². The maximum atomic E-state index is 12.3. The fourth-order valence-electron chi connectivity index (χ4n) is 3.27. The zero-order valence-electron chi connectivity index (χ0n) is 19.2. The Labute approximate surface area is 208 Å². The monoisotopic (exact) mass is 481 g/mol. The normalized spacial score (nSPS) is 10.7. The molecule has 1 N–H and O–H groups in total. The van der Waals surface area contributed by atoms with Crippen LogP contribution in [0.4, 0.5) is 5.69 Å². The molecule has 8 nitrogen and oxygen atoms in total. The molecule has 0 radical (unpaired) electrons. The third-order valence-corrected chi connectivity index (χ3v) is 5.18. The molecule has 180 valence electrons. The highest BCUT2D eigenvalue weighted by Crippen LogP contribution is 2.25. The number of ether oxygens (including phenoxy) is 2. The van der Waals surface area contributed by atoms with Crippen molar-refractivity contribution in [2.24, 2.45) is 5.10 Å². The topological polar surface area (TPSA) is 103 Å². The van der Waals surface area contributed by atoms with Crippen LogP contribution >= 0.6 is 0 Å². The maximum Gasteiger partial charge on any atom is 0.271 e. The lowest BCUT2D eigenvalue weighted by molar-refractivity contribution is -0.384. The summed E-state index contributed by atoms with van der Waals surface area (Å²) in [5.41, 5.74) is 5.28. The summed E-state index contributed by atoms with van der Waals surface area (Å²) < 4.78 is 12.0. The van der Waals surface area contributed by atoms with Crippen LogP contribution in [0.2, 0.25) is 0 Å². The van der Waals surface area contributed by atoms with Gasteiger partial charge in [-0.05, 0) is 35.4 Å². The number of hydrogen-bond donors (Lipinski definition) is 1. The van der Waals surface area contributed by atoms with Crippen LogP contribution in [0.3, 0.4) is 0 Å². The zero-order chi connectivity index (χ0) is 25.2. The Morgan fingerprint density at radius 1 is 0.833 bits per heavy atom. The molecule has 8 heteroatoms. The Morgan fingerprint density at radius 2 is 1.44 bits per heavy atom. The van der Waals surface area contributed by atoms with Crippen LogP contribution in [-0.2, 0) is 13.2 Å². The molecule has 0 heterocycles. The molecule has 0 aliphatic carbocycles. The predicted octanol–water partition coefficient (Wildman–Crippen LogP) is 5.52. The van der Waals surface area contributed by atoms with Gasteiger partial charge < -0.3 is 9.47 Å². The number of nitro groups is 1. The summed E-state index contributed by atoms with van der Waals surface area (Å²) in [5.74, 6) is 0.683. The molecule has 1 amide bonds. The minimum absolute atomic E-state index is 0.0927. The van der Waals surface area contributed by atoms with Crippen molar-refractivity contribution in [1.82, 2.24) is 5.43 Å². The largest absolute Gasteiger partial charge is 0.489 e. The molecule has 4 rings (SSSR count). The second-order valence-electron chi connectivity index (χ2n) is 7.75. The third-order valence-electron chi connectivity index (χ3n) is 5.18. The number of hydrazone groups is 1. The number of carbonyl (C=O) groups is 1. The summed E-state index contributed by atoms with van der Waals surface area (Å²) >= 11 is 0. The highest BCUT2D eigenvalue weighted by molar-refractivity contribution is 5.95. The number of rotatable bonds is 10. The Balaban J connectivity index is 1.46. The van der Waals surface area contributed by atoms with Crippen molar-refractivity contribution in [3.8, 4) is 11.5 Å². The Hall–Kier alpha value is -4.98. The number of hydrogen-bond acceptors (Lipinski definition) is 6. The summed E-state index contributed by atoms with van der Waals surface area (Å²) in [6.45, 7) is 0.761. The molecular formula is C28H23N3O5. The van der Waals surface area contributed by atoms with Crippen LogP contribution in [0.15, 0.2) is 108 Å². The molecule has 0 saturated carbocycles. The van der Waals surface area contributed by atoms with Gasteiger partial charge in [-0.3, -0.25) is 14.9 Å². The number of benzene rings is 4. The van der Waals surface area contributed by atoms with E-state index < -0.39 is 10.8 Å². The van der Waals surface area contributed by atoms with E-state index >= 15 is 0 Å². The molecule has 0 aliphatic rings. The van der Waals surface area contributed by atoms with E-state index in [0.717, 1.165) is 11.1 Å². The quantitative estimate of drug-likeness (QED) is 0.183. The van der Waals surface area contributed by atoms with E-state index in [-0.39, 0.29) is 11.3 Å². The van der Waals surface area contributed by atoms with Gasteiger partial charge in [0.1, 0.15) is 24.7 Å². The average Bonchev–Trinajstić information content (AvgIpc) is 2.92. The van der Waals surface area contributed by atoms with Crippen molar-refractivity contribution in [1.29, 1.82) is 0 Å². The van der Waals surface area contributed by atoms with Crippen LogP contribution in [-0.4, -0.2) is 17.0 Å². The first-order chi connectivity index (χ1) is 17.6. The summed E-state index contributed by atoms with van der Waals surface area (Å²) in [6, 6.07) is 30.2. The fraction of sp³-hybridized carbons (Fsp3) is 0.0714. The number of carbonyl (C=O) groups excluding carboxylic acids is 1. The Kier molecular flexibility index (Phi) is 8.01. The maximum absolute atomic E-state index is 12.3. The van der Waals surface area contributed by atoms with E-state index in [9.17, 15) is 14.9 Å². The van der Waals surface area contributed by atoms with Gasteiger partial charge in [0.05, 0.1) is 11.1 Å². The number of nitrogens with zero attached hydrogens (tertiary/aromatic N) is 2. The van der Waals surface area contributed by atoms with Crippen molar-refractivity contribution in [2.45, 2.75) is 13.2 Å². The molecule has 0 spiro atoms. The van der Waals surface area contributed by atoms with Crippen LogP contribution < -0.4 is 14.9 Å². The summed E-state index contributed by atoms with van der Waals surface area (Å²) in [5, 5.41) is 14.8. The molecule has 0 fully saturated rings. The van der Waals surface area contributed by atoms with E-state index in [1.54, 1.807) is 18.2 Å². The molecule has 4 aromatic rings. The first kappa shape index (κ1) is 24.2. The summed E-state index contributed by atoms with van der Waals surface area (Å²) in [6.07, 6.45) is 1.48. The molecule has 0 bridgehead atoms. The van der Waals surface area contributed by atoms with Gasteiger partial charge in [-0.15, -0.1) is 0 Å². The lowest BCUT2D eigenvalue weighted by Gasteiger charge is -2.12. The van der Waals surface area contributed by atoms with Crippen LogP contribution in [0.5, 0.6) is 11.5 Å². The van der Waals surface area contributed by atoms with Crippen LogP contribution in [0.1, 0.15) is 27.0 Å². The molecule has 0 saturated heterocycles.